The molecule has 0 aliphatic carbocycles. The van der Waals surface area contributed by atoms with Crippen LogP contribution in [0, 0.1) is 5.92 Å². The maximum atomic E-state index is 11.9. The van der Waals surface area contributed by atoms with E-state index >= 15 is 0 Å². The lowest BCUT2D eigenvalue weighted by atomic mass is 9.99. The average Bonchev–Trinajstić information content (AvgIpc) is 2.89. The predicted octanol–water partition coefficient (Wildman–Crippen LogP) is 0.761. The second-order valence-electron chi connectivity index (χ2n) is 5.00. The summed E-state index contributed by atoms with van der Waals surface area (Å²) >= 11 is 0. The van der Waals surface area contributed by atoms with E-state index in [4.69, 9.17) is 5.73 Å². The van der Waals surface area contributed by atoms with Crippen LogP contribution in [0.15, 0.2) is 24.4 Å². The summed E-state index contributed by atoms with van der Waals surface area (Å²) < 4.78 is 1.92. The number of nitrogens with zero attached hydrogens (tertiary/aromatic N) is 3. The molecule has 2 heterocycles. The largest absolute Gasteiger partial charge is 0.354 e. The summed E-state index contributed by atoms with van der Waals surface area (Å²) in [6.45, 7) is 4.52. The van der Waals surface area contributed by atoms with E-state index in [1.54, 1.807) is 0 Å². The molecule has 6 heteroatoms. The number of fused-ring (bicyclic) bond motifs is 1. The van der Waals surface area contributed by atoms with Gasteiger partial charge >= 0.3 is 0 Å². The molecular weight excluding hydrogens is 254 g/mol. The van der Waals surface area contributed by atoms with Gasteiger partial charge in [0.25, 0.3) is 0 Å². The third-order valence-corrected chi connectivity index (χ3v) is 3.59. The maximum Gasteiger partial charge on any atom is 0.237 e. The Labute approximate surface area is 118 Å². The lowest BCUT2D eigenvalue weighted by Gasteiger charge is -2.17. The molecule has 0 spiro atoms. The van der Waals surface area contributed by atoms with Crippen molar-refractivity contribution < 1.29 is 4.79 Å². The number of carbonyl (C=O) groups is 1. The molecule has 0 aliphatic heterocycles. The van der Waals surface area contributed by atoms with Gasteiger partial charge in [-0.1, -0.05) is 26.3 Å². The van der Waals surface area contributed by atoms with Crippen molar-refractivity contribution in [2.75, 3.05) is 6.54 Å². The molecule has 108 valence electrons. The normalized spacial score (nSPS) is 14.2. The quantitative estimate of drug-likeness (QED) is 0.815. The van der Waals surface area contributed by atoms with Gasteiger partial charge in [0.15, 0.2) is 5.65 Å². The SMILES string of the molecule is CCC(C)C(N)C(=O)NCCc1nnc2ccccn12. The van der Waals surface area contributed by atoms with Gasteiger partial charge in [0.1, 0.15) is 5.82 Å². The van der Waals surface area contributed by atoms with Crippen LogP contribution in [0.2, 0.25) is 0 Å². The molecule has 2 aromatic heterocycles. The van der Waals surface area contributed by atoms with Gasteiger partial charge < -0.3 is 11.1 Å². The summed E-state index contributed by atoms with van der Waals surface area (Å²) in [5, 5.41) is 11.0. The Hall–Kier alpha value is -1.95. The van der Waals surface area contributed by atoms with Gasteiger partial charge in [-0.3, -0.25) is 9.20 Å². The summed E-state index contributed by atoms with van der Waals surface area (Å²) in [6, 6.07) is 5.29. The van der Waals surface area contributed by atoms with Crippen LogP contribution in [0.5, 0.6) is 0 Å². The van der Waals surface area contributed by atoms with Crippen LogP contribution in [-0.4, -0.2) is 33.1 Å². The van der Waals surface area contributed by atoms with Crippen molar-refractivity contribution in [2.24, 2.45) is 11.7 Å². The molecule has 2 aromatic rings. The summed E-state index contributed by atoms with van der Waals surface area (Å²) in [7, 11) is 0. The van der Waals surface area contributed by atoms with Crippen LogP contribution >= 0.6 is 0 Å². The molecule has 2 unspecified atom stereocenters. The molecule has 6 nitrogen and oxygen atoms in total. The van der Waals surface area contributed by atoms with Crippen LogP contribution in [0.25, 0.3) is 5.65 Å². The highest BCUT2D eigenvalue weighted by Gasteiger charge is 2.18. The summed E-state index contributed by atoms with van der Waals surface area (Å²) in [5.41, 5.74) is 6.69. The second-order valence-corrected chi connectivity index (χ2v) is 5.00. The Morgan fingerprint density at radius 1 is 1.45 bits per heavy atom. The zero-order valence-corrected chi connectivity index (χ0v) is 11.9. The fraction of sp³-hybridized carbons (Fsp3) is 0.500. The number of amides is 1. The van der Waals surface area contributed by atoms with Gasteiger partial charge in [0, 0.05) is 19.2 Å². The highest BCUT2D eigenvalue weighted by Crippen LogP contribution is 2.05. The molecule has 2 atom stereocenters. The molecular formula is C14H21N5O. The number of hydrogen-bond donors (Lipinski definition) is 2. The minimum absolute atomic E-state index is 0.104. The molecule has 0 radical (unpaired) electrons. The molecule has 1 amide bonds. The molecule has 0 aromatic carbocycles. The van der Waals surface area contributed by atoms with E-state index < -0.39 is 6.04 Å². The molecule has 0 aliphatic rings. The number of hydrogen-bond acceptors (Lipinski definition) is 4. The van der Waals surface area contributed by atoms with Gasteiger partial charge in [0.2, 0.25) is 5.91 Å². The zero-order chi connectivity index (χ0) is 14.5. The topological polar surface area (TPSA) is 85.3 Å². The minimum Gasteiger partial charge on any atom is -0.354 e. The van der Waals surface area contributed by atoms with Gasteiger partial charge in [-0.05, 0) is 18.1 Å². The summed E-state index contributed by atoms with van der Waals surface area (Å²) in [5.74, 6) is 0.912. The number of nitrogens with two attached hydrogens (primary N) is 1. The molecule has 2 rings (SSSR count). The van der Waals surface area contributed by atoms with Crippen molar-refractivity contribution in [3.8, 4) is 0 Å². The Bertz CT molecular complexity index is 580. The molecule has 20 heavy (non-hydrogen) atoms. The number of pyridine rings is 1. The first kappa shape index (κ1) is 14.5. The van der Waals surface area contributed by atoms with Crippen molar-refractivity contribution >= 4 is 11.6 Å². The fourth-order valence-electron chi connectivity index (χ4n) is 1.99. The molecule has 0 saturated carbocycles. The summed E-state index contributed by atoms with van der Waals surface area (Å²) in [6.07, 6.45) is 3.44. The third-order valence-electron chi connectivity index (χ3n) is 3.59. The Morgan fingerprint density at radius 3 is 3.00 bits per heavy atom. The first-order valence-corrected chi connectivity index (χ1v) is 6.95. The lowest BCUT2D eigenvalue weighted by molar-refractivity contribution is -0.123. The first-order chi connectivity index (χ1) is 9.63. The van der Waals surface area contributed by atoms with Gasteiger partial charge in [-0.2, -0.15) is 0 Å². The van der Waals surface area contributed by atoms with Crippen LogP contribution in [0.4, 0.5) is 0 Å². The highest BCUT2D eigenvalue weighted by molar-refractivity contribution is 5.81. The standard InChI is InChI=1S/C14H21N5O/c1-3-10(2)13(15)14(20)16-8-7-12-18-17-11-6-4-5-9-19(11)12/h4-6,9-10,13H,3,7-8,15H2,1-2H3,(H,16,20). The Morgan fingerprint density at radius 2 is 2.25 bits per heavy atom. The third kappa shape index (κ3) is 3.14. The second kappa shape index (κ2) is 6.47. The van der Waals surface area contributed by atoms with E-state index in [0.29, 0.717) is 13.0 Å². The number of rotatable bonds is 6. The van der Waals surface area contributed by atoms with Crippen LogP contribution in [0.1, 0.15) is 26.1 Å². The van der Waals surface area contributed by atoms with Gasteiger partial charge in [0.05, 0.1) is 6.04 Å². The van der Waals surface area contributed by atoms with Crippen LogP contribution < -0.4 is 11.1 Å². The minimum atomic E-state index is -0.449. The van der Waals surface area contributed by atoms with E-state index in [1.807, 2.05) is 42.6 Å². The van der Waals surface area contributed by atoms with E-state index in [9.17, 15) is 4.79 Å². The molecule has 0 bridgehead atoms. The van der Waals surface area contributed by atoms with E-state index in [2.05, 4.69) is 15.5 Å². The first-order valence-electron chi connectivity index (χ1n) is 6.95. The maximum absolute atomic E-state index is 11.9. The van der Waals surface area contributed by atoms with Crippen molar-refractivity contribution in [1.82, 2.24) is 19.9 Å². The fourth-order valence-corrected chi connectivity index (χ4v) is 1.99. The zero-order valence-electron chi connectivity index (χ0n) is 11.9. The molecule has 3 N–H and O–H groups in total. The molecule has 0 saturated heterocycles. The number of carbonyl (C=O) groups excluding carboxylic acids is 1. The Balaban J connectivity index is 1.88. The monoisotopic (exact) mass is 275 g/mol. The van der Waals surface area contributed by atoms with Crippen molar-refractivity contribution in [1.29, 1.82) is 0 Å². The van der Waals surface area contributed by atoms with Gasteiger partial charge in [-0.15, -0.1) is 10.2 Å². The molecule has 0 fully saturated rings. The van der Waals surface area contributed by atoms with Gasteiger partial charge in [-0.25, -0.2) is 0 Å². The number of nitrogens with one attached hydrogen (secondary N) is 1. The smallest absolute Gasteiger partial charge is 0.237 e. The van der Waals surface area contributed by atoms with Crippen LogP contribution in [0.3, 0.4) is 0 Å². The van der Waals surface area contributed by atoms with Crippen molar-refractivity contribution in [2.45, 2.75) is 32.7 Å². The highest BCUT2D eigenvalue weighted by atomic mass is 16.2. The Kier molecular flexibility index (Phi) is 4.68. The lowest BCUT2D eigenvalue weighted by Crippen LogP contribution is -2.45. The van der Waals surface area contributed by atoms with Crippen molar-refractivity contribution in [3.63, 3.8) is 0 Å². The van der Waals surface area contributed by atoms with E-state index in [-0.39, 0.29) is 11.8 Å². The van der Waals surface area contributed by atoms with E-state index in [0.717, 1.165) is 17.9 Å². The van der Waals surface area contributed by atoms with Crippen LogP contribution in [-0.2, 0) is 11.2 Å². The number of aromatic nitrogens is 3. The summed E-state index contributed by atoms with van der Waals surface area (Å²) in [4.78, 5) is 11.9. The van der Waals surface area contributed by atoms with E-state index in [1.165, 1.54) is 0 Å². The average molecular weight is 275 g/mol. The van der Waals surface area contributed by atoms with Crippen molar-refractivity contribution in [3.05, 3.63) is 30.2 Å². The predicted molar refractivity (Wildman–Crippen MR) is 77.1 cm³/mol.